The van der Waals surface area contributed by atoms with Crippen molar-refractivity contribution in [1.82, 2.24) is 5.43 Å². The maximum atomic E-state index is 5.17. The zero-order chi connectivity index (χ0) is 7.94. The summed E-state index contributed by atoms with van der Waals surface area (Å²) in [6.45, 7) is 0.364. The third-order valence-electron chi connectivity index (χ3n) is 1.20. The Morgan fingerprint density at radius 3 is 2.73 bits per heavy atom. The van der Waals surface area contributed by atoms with E-state index in [0.717, 1.165) is 5.56 Å². The van der Waals surface area contributed by atoms with Crippen LogP contribution in [0.5, 0.6) is 0 Å². The number of benzene rings is 1. The lowest BCUT2D eigenvalue weighted by Gasteiger charge is -1.92. The Balaban J connectivity index is 2.50. The van der Waals surface area contributed by atoms with Gasteiger partial charge in [-0.25, -0.2) is 0 Å². The summed E-state index contributed by atoms with van der Waals surface area (Å²) in [5, 5.41) is 3.86. The number of hydrogen-bond donors (Lipinski definition) is 2. The van der Waals surface area contributed by atoms with E-state index >= 15 is 0 Å². The van der Waals surface area contributed by atoms with Crippen molar-refractivity contribution in [2.75, 3.05) is 6.67 Å². The number of nitrogens with one attached hydrogen (secondary N) is 1. The second-order valence-corrected chi connectivity index (χ2v) is 2.03. The SMILES string of the molecule is NCN/N=C/c1ccccc1. The molecule has 3 heteroatoms. The van der Waals surface area contributed by atoms with Gasteiger partial charge < -0.3 is 5.73 Å². The molecule has 11 heavy (non-hydrogen) atoms. The minimum absolute atomic E-state index is 0.364. The summed E-state index contributed by atoms with van der Waals surface area (Å²) >= 11 is 0. The van der Waals surface area contributed by atoms with Crippen molar-refractivity contribution >= 4 is 6.21 Å². The molecule has 0 spiro atoms. The van der Waals surface area contributed by atoms with Crippen molar-refractivity contribution in [2.45, 2.75) is 0 Å². The van der Waals surface area contributed by atoms with Gasteiger partial charge in [-0.15, -0.1) is 0 Å². The van der Waals surface area contributed by atoms with Gasteiger partial charge in [0.25, 0.3) is 0 Å². The van der Waals surface area contributed by atoms with Crippen LogP contribution in [0, 0.1) is 0 Å². The van der Waals surface area contributed by atoms with Crippen LogP contribution in [0.1, 0.15) is 5.56 Å². The van der Waals surface area contributed by atoms with Crippen LogP contribution < -0.4 is 11.2 Å². The Morgan fingerprint density at radius 1 is 1.36 bits per heavy atom. The molecule has 0 aliphatic carbocycles. The molecular weight excluding hydrogens is 138 g/mol. The van der Waals surface area contributed by atoms with E-state index in [1.807, 2.05) is 30.3 Å². The third-order valence-corrected chi connectivity index (χ3v) is 1.20. The molecule has 1 aromatic carbocycles. The molecule has 0 heterocycles. The van der Waals surface area contributed by atoms with Crippen LogP contribution in [0.2, 0.25) is 0 Å². The van der Waals surface area contributed by atoms with E-state index in [4.69, 9.17) is 5.73 Å². The van der Waals surface area contributed by atoms with Gasteiger partial charge in [-0.05, 0) is 5.56 Å². The average Bonchev–Trinajstić information content (AvgIpc) is 2.07. The maximum Gasteiger partial charge on any atom is 0.0798 e. The highest BCUT2D eigenvalue weighted by Crippen LogP contribution is 1.92. The topological polar surface area (TPSA) is 50.4 Å². The van der Waals surface area contributed by atoms with Crippen molar-refractivity contribution < 1.29 is 0 Å². The van der Waals surface area contributed by atoms with E-state index in [0.29, 0.717) is 6.67 Å². The van der Waals surface area contributed by atoms with Crippen molar-refractivity contribution in [3.05, 3.63) is 35.9 Å². The lowest BCUT2D eigenvalue weighted by molar-refractivity contribution is 0.764. The highest BCUT2D eigenvalue weighted by atomic mass is 15.3. The highest BCUT2D eigenvalue weighted by Gasteiger charge is 1.80. The summed E-state index contributed by atoms with van der Waals surface area (Å²) in [4.78, 5) is 0. The Morgan fingerprint density at radius 2 is 2.09 bits per heavy atom. The molecule has 0 atom stereocenters. The molecule has 0 bridgehead atoms. The van der Waals surface area contributed by atoms with Crippen LogP contribution in [0.4, 0.5) is 0 Å². The van der Waals surface area contributed by atoms with Crippen LogP contribution in [-0.2, 0) is 0 Å². The first-order chi connectivity index (χ1) is 5.43. The number of rotatable bonds is 3. The summed E-state index contributed by atoms with van der Waals surface area (Å²) in [6.07, 6.45) is 1.73. The first-order valence-electron chi connectivity index (χ1n) is 3.44. The minimum atomic E-state index is 0.364. The highest BCUT2D eigenvalue weighted by molar-refractivity contribution is 5.79. The average molecular weight is 149 g/mol. The summed E-state index contributed by atoms with van der Waals surface area (Å²) in [6, 6.07) is 9.84. The molecule has 58 valence electrons. The number of nitrogens with two attached hydrogens (primary N) is 1. The Hall–Kier alpha value is -1.35. The summed E-state index contributed by atoms with van der Waals surface area (Å²) < 4.78 is 0. The number of nitrogens with zero attached hydrogens (tertiary/aromatic N) is 1. The van der Waals surface area contributed by atoms with Crippen LogP contribution >= 0.6 is 0 Å². The third kappa shape index (κ3) is 2.82. The zero-order valence-electron chi connectivity index (χ0n) is 6.20. The first-order valence-corrected chi connectivity index (χ1v) is 3.44. The predicted molar refractivity (Wildman–Crippen MR) is 46.2 cm³/mol. The lowest BCUT2D eigenvalue weighted by Crippen LogP contribution is -2.16. The van der Waals surface area contributed by atoms with Gasteiger partial charge in [0.05, 0.1) is 12.9 Å². The molecule has 0 radical (unpaired) electrons. The van der Waals surface area contributed by atoms with Gasteiger partial charge in [-0.3, -0.25) is 5.43 Å². The molecule has 0 fully saturated rings. The van der Waals surface area contributed by atoms with E-state index in [1.54, 1.807) is 6.21 Å². The van der Waals surface area contributed by atoms with Crippen LogP contribution in [0.15, 0.2) is 35.4 Å². The van der Waals surface area contributed by atoms with Gasteiger partial charge in [-0.2, -0.15) is 5.10 Å². The molecule has 0 saturated carbocycles. The van der Waals surface area contributed by atoms with E-state index in [-0.39, 0.29) is 0 Å². The normalized spacial score (nSPS) is 10.3. The zero-order valence-corrected chi connectivity index (χ0v) is 6.20. The maximum absolute atomic E-state index is 5.17. The fourth-order valence-corrected chi connectivity index (χ4v) is 0.712. The molecule has 0 amide bonds. The van der Waals surface area contributed by atoms with Crippen LogP contribution in [0.25, 0.3) is 0 Å². The van der Waals surface area contributed by atoms with Crippen LogP contribution in [0.3, 0.4) is 0 Å². The molecule has 0 aromatic heterocycles. The second kappa shape index (κ2) is 4.46. The summed E-state index contributed by atoms with van der Waals surface area (Å²) in [5.74, 6) is 0. The molecule has 3 nitrogen and oxygen atoms in total. The molecule has 0 aliphatic heterocycles. The Labute approximate surface area is 65.9 Å². The molecule has 0 aliphatic rings. The molecule has 0 saturated heterocycles. The summed E-state index contributed by atoms with van der Waals surface area (Å²) in [5.41, 5.74) is 8.88. The predicted octanol–water partition coefficient (Wildman–Crippen LogP) is 0.526. The number of hydrazone groups is 1. The lowest BCUT2D eigenvalue weighted by atomic mass is 10.2. The van der Waals surface area contributed by atoms with Gasteiger partial charge >= 0.3 is 0 Å². The minimum Gasteiger partial charge on any atom is -0.313 e. The smallest absolute Gasteiger partial charge is 0.0798 e. The fourth-order valence-electron chi connectivity index (χ4n) is 0.712. The second-order valence-electron chi connectivity index (χ2n) is 2.03. The Bertz CT molecular complexity index is 218. The van der Waals surface area contributed by atoms with Gasteiger partial charge in [0.1, 0.15) is 0 Å². The van der Waals surface area contributed by atoms with Crippen molar-refractivity contribution in [3.63, 3.8) is 0 Å². The molecule has 1 aromatic rings. The molecule has 0 unspecified atom stereocenters. The van der Waals surface area contributed by atoms with Gasteiger partial charge in [-0.1, -0.05) is 30.3 Å². The fraction of sp³-hybridized carbons (Fsp3) is 0.125. The molecular formula is C8H11N3. The van der Waals surface area contributed by atoms with Crippen molar-refractivity contribution in [3.8, 4) is 0 Å². The summed E-state index contributed by atoms with van der Waals surface area (Å²) in [7, 11) is 0. The monoisotopic (exact) mass is 149 g/mol. The number of hydrogen-bond acceptors (Lipinski definition) is 3. The first kappa shape index (κ1) is 7.75. The quantitative estimate of drug-likeness (QED) is 0.374. The van der Waals surface area contributed by atoms with E-state index < -0.39 is 0 Å². The van der Waals surface area contributed by atoms with Crippen LogP contribution in [-0.4, -0.2) is 12.9 Å². The molecule has 1 rings (SSSR count). The van der Waals surface area contributed by atoms with Gasteiger partial charge in [0, 0.05) is 0 Å². The van der Waals surface area contributed by atoms with E-state index in [1.165, 1.54) is 0 Å². The van der Waals surface area contributed by atoms with Gasteiger partial charge in [0.2, 0.25) is 0 Å². The largest absolute Gasteiger partial charge is 0.313 e. The van der Waals surface area contributed by atoms with Crippen molar-refractivity contribution in [1.29, 1.82) is 0 Å². The van der Waals surface area contributed by atoms with Crippen molar-refractivity contribution in [2.24, 2.45) is 10.8 Å². The van der Waals surface area contributed by atoms with Gasteiger partial charge in [0.15, 0.2) is 0 Å². The van der Waals surface area contributed by atoms with E-state index in [9.17, 15) is 0 Å². The van der Waals surface area contributed by atoms with E-state index in [2.05, 4.69) is 10.5 Å². The Kier molecular flexibility index (Phi) is 3.15. The standard InChI is InChI=1S/C8H11N3/c9-7-11-10-6-8-4-2-1-3-5-8/h1-6,11H,7,9H2/b10-6+. The molecule has 3 N–H and O–H groups in total.